The molecule has 0 aliphatic carbocycles. The van der Waals surface area contributed by atoms with Crippen molar-refractivity contribution in [1.29, 1.82) is 0 Å². The summed E-state index contributed by atoms with van der Waals surface area (Å²) in [6.45, 7) is 6.14. The summed E-state index contributed by atoms with van der Waals surface area (Å²) in [7, 11) is 0. The Bertz CT molecular complexity index is 696. The van der Waals surface area contributed by atoms with Crippen LogP contribution < -0.4 is 10.2 Å². The van der Waals surface area contributed by atoms with Gasteiger partial charge < -0.3 is 10.2 Å². The monoisotopic (exact) mass is 294 g/mol. The lowest BCUT2D eigenvalue weighted by Crippen LogP contribution is -2.27. The first-order valence-electron chi connectivity index (χ1n) is 7.30. The number of carbonyl (C=O) groups is 1. The van der Waals surface area contributed by atoms with Gasteiger partial charge in [-0.05, 0) is 37.1 Å². The second kappa shape index (κ2) is 5.97. The topological polar surface area (TPSA) is 58.1 Å². The zero-order valence-electron chi connectivity index (χ0n) is 12.5. The molecule has 1 unspecified atom stereocenters. The fraction of sp³-hybridized carbons (Fsp3) is 0.235. The molecule has 0 saturated carbocycles. The Balaban J connectivity index is 1.84. The molecule has 1 aliphatic heterocycles. The quantitative estimate of drug-likeness (QED) is 0.880. The second-order valence-electron chi connectivity index (χ2n) is 5.33. The van der Waals surface area contributed by atoms with Crippen molar-refractivity contribution in [2.24, 2.45) is 0 Å². The van der Waals surface area contributed by atoms with E-state index in [9.17, 15) is 4.79 Å². The highest BCUT2D eigenvalue weighted by molar-refractivity contribution is 5.92. The van der Waals surface area contributed by atoms with E-state index in [1.165, 1.54) is 5.56 Å². The Morgan fingerprint density at radius 2 is 2.18 bits per heavy atom. The lowest BCUT2D eigenvalue weighted by atomic mass is 10.1. The van der Waals surface area contributed by atoms with E-state index >= 15 is 0 Å². The Kier molecular flexibility index (Phi) is 3.87. The molecule has 2 aromatic rings. The molecule has 1 atom stereocenters. The van der Waals surface area contributed by atoms with E-state index in [-0.39, 0.29) is 5.91 Å². The first-order chi connectivity index (χ1) is 10.7. The molecule has 112 valence electrons. The van der Waals surface area contributed by atoms with E-state index in [4.69, 9.17) is 0 Å². The number of benzene rings is 1. The number of aromatic nitrogens is 2. The third-order valence-corrected chi connectivity index (χ3v) is 3.74. The molecular weight excluding hydrogens is 276 g/mol. The molecule has 0 spiro atoms. The smallest absolute Gasteiger partial charge is 0.272 e. The second-order valence-corrected chi connectivity index (χ2v) is 5.33. The van der Waals surface area contributed by atoms with E-state index in [0.29, 0.717) is 18.3 Å². The molecule has 1 aromatic carbocycles. The van der Waals surface area contributed by atoms with Gasteiger partial charge in [-0.3, -0.25) is 4.79 Å². The summed E-state index contributed by atoms with van der Waals surface area (Å²) in [6.07, 6.45) is 2.61. The van der Waals surface area contributed by atoms with Crippen LogP contribution in [0.15, 0.2) is 49.1 Å². The van der Waals surface area contributed by atoms with Crippen LogP contribution in [0.1, 0.15) is 23.0 Å². The van der Waals surface area contributed by atoms with Gasteiger partial charge in [-0.1, -0.05) is 24.3 Å². The normalized spacial score (nSPS) is 16.2. The molecule has 0 bridgehead atoms. The molecule has 1 amide bonds. The van der Waals surface area contributed by atoms with Crippen molar-refractivity contribution in [2.75, 3.05) is 11.4 Å². The van der Waals surface area contributed by atoms with Crippen LogP contribution in [0.2, 0.25) is 0 Å². The number of carbonyl (C=O) groups excluding carboxylic acids is 1. The minimum atomic E-state index is -0.242. The first-order valence-corrected chi connectivity index (χ1v) is 7.30. The molecule has 22 heavy (non-hydrogen) atoms. The molecule has 5 heteroatoms. The molecular formula is C17H18N4O. The predicted octanol–water partition coefficient (Wildman–Crippen LogP) is 2.48. The Hall–Kier alpha value is -2.69. The molecule has 0 radical (unpaired) electrons. The van der Waals surface area contributed by atoms with Crippen LogP contribution in [0.5, 0.6) is 0 Å². The summed E-state index contributed by atoms with van der Waals surface area (Å²) in [5, 5.41) is 11.0. The van der Waals surface area contributed by atoms with Gasteiger partial charge >= 0.3 is 0 Å². The van der Waals surface area contributed by atoms with Gasteiger partial charge in [0.15, 0.2) is 11.5 Å². The van der Waals surface area contributed by atoms with Gasteiger partial charge in [-0.2, -0.15) is 0 Å². The maximum Gasteiger partial charge on any atom is 0.272 e. The van der Waals surface area contributed by atoms with Crippen molar-refractivity contribution in [3.05, 3.63) is 60.3 Å². The third-order valence-electron chi connectivity index (χ3n) is 3.74. The fourth-order valence-corrected chi connectivity index (χ4v) is 2.74. The number of nitrogens with one attached hydrogen (secondary N) is 1. The van der Waals surface area contributed by atoms with Crippen molar-refractivity contribution in [3.8, 4) is 0 Å². The van der Waals surface area contributed by atoms with E-state index in [1.54, 1.807) is 12.1 Å². The Morgan fingerprint density at radius 1 is 1.36 bits per heavy atom. The minimum Gasteiger partial charge on any atom is -0.347 e. The maximum absolute atomic E-state index is 11.8. The number of nitrogens with zero attached hydrogens (tertiary/aromatic N) is 3. The van der Waals surface area contributed by atoms with E-state index < -0.39 is 0 Å². The zero-order chi connectivity index (χ0) is 15.5. The average Bonchev–Trinajstić information content (AvgIpc) is 2.88. The lowest BCUT2D eigenvalue weighted by molar-refractivity contribution is 0.0952. The first kappa shape index (κ1) is 14.3. The van der Waals surface area contributed by atoms with Gasteiger partial charge in [0.1, 0.15) is 0 Å². The van der Waals surface area contributed by atoms with E-state index in [2.05, 4.69) is 46.0 Å². The Labute approximate surface area is 129 Å². The Morgan fingerprint density at radius 3 is 2.91 bits per heavy atom. The number of amides is 1. The van der Waals surface area contributed by atoms with Crippen molar-refractivity contribution in [2.45, 2.75) is 19.4 Å². The highest BCUT2D eigenvalue weighted by Crippen LogP contribution is 2.36. The van der Waals surface area contributed by atoms with Gasteiger partial charge in [0.25, 0.3) is 5.91 Å². The van der Waals surface area contributed by atoms with Crippen molar-refractivity contribution in [1.82, 2.24) is 15.5 Å². The fourth-order valence-electron chi connectivity index (χ4n) is 2.74. The van der Waals surface area contributed by atoms with Gasteiger partial charge in [0, 0.05) is 18.3 Å². The van der Waals surface area contributed by atoms with Crippen LogP contribution >= 0.6 is 0 Å². The van der Waals surface area contributed by atoms with Gasteiger partial charge in [0.2, 0.25) is 0 Å². The summed E-state index contributed by atoms with van der Waals surface area (Å²) < 4.78 is 0. The van der Waals surface area contributed by atoms with E-state index in [1.807, 2.05) is 18.2 Å². The maximum atomic E-state index is 11.8. The van der Waals surface area contributed by atoms with Crippen molar-refractivity contribution in [3.63, 3.8) is 0 Å². The molecule has 1 aromatic heterocycles. The van der Waals surface area contributed by atoms with Gasteiger partial charge in [-0.25, -0.2) is 0 Å². The average molecular weight is 294 g/mol. The summed E-state index contributed by atoms with van der Waals surface area (Å²) in [6, 6.07) is 12.2. The molecule has 0 saturated heterocycles. The standard InChI is InChI=1S/C17H18N4O/c1-3-10-18-17(22)14-8-9-16(20-19-14)21-12(2)11-13-6-4-5-7-15(13)21/h3-9,12H,1,10-11H2,2H3,(H,18,22). The molecule has 3 rings (SSSR count). The molecule has 5 nitrogen and oxygen atoms in total. The summed E-state index contributed by atoms with van der Waals surface area (Å²) in [5.74, 6) is 0.520. The molecule has 2 heterocycles. The lowest BCUT2D eigenvalue weighted by Gasteiger charge is -2.23. The van der Waals surface area contributed by atoms with Crippen LogP contribution in [-0.2, 0) is 6.42 Å². The van der Waals surface area contributed by atoms with Crippen LogP contribution in [0, 0.1) is 0 Å². The number of hydrogen-bond donors (Lipinski definition) is 1. The van der Waals surface area contributed by atoms with Crippen molar-refractivity contribution >= 4 is 17.4 Å². The number of hydrogen-bond acceptors (Lipinski definition) is 4. The molecule has 1 N–H and O–H groups in total. The van der Waals surface area contributed by atoms with Crippen molar-refractivity contribution < 1.29 is 4.79 Å². The molecule has 0 fully saturated rings. The predicted molar refractivity (Wildman–Crippen MR) is 86.3 cm³/mol. The number of rotatable bonds is 4. The third kappa shape index (κ3) is 2.57. The van der Waals surface area contributed by atoms with Gasteiger partial charge in [-0.15, -0.1) is 16.8 Å². The van der Waals surface area contributed by atoms with Gasteiger partial charge in [0.05, 0.1) is 0 Å². The number of anilines is 2. The largest absolute Gasteiger partial charge is 0.347 e. The SMILES string of the molecule is C=CCNC(=O)c1ccc(N2c3ccccc3CC2C)nn1. The van der Waals surface area contributed by atoms with Crippen LogP contribution in [0.4, 0.5) is 11.5 Å². The highest BCUT2D eigenvalue weighted by Gasteiger charge is 2.27. The summed E-state index contributed by atoms with van der Waals surface area (Å²) >= 11 is 0. The van der Waals surface area contributed by atoms with Crippen LogP contribution in [0.3, 0.4) is 0 Å². The minimum absolute atomic E-state index is 0.242. The van der Waals surface area contributed by atoms with E-state index in [0.717, 1.165) is 17.9 Å². The molecule has 1 aliphatic rings. The van der Waals surface area contributed by atoms with Crippen LogP contribution in [0.25, 0.3) is 0 Å². The summed E-state index contributed by atoms with van der Waals surface area (Å²) in [5.41, 5.74) is 2.78. The zero-order valence-corrected chi connectivity index (χ0v) is 12.5. The van der Waals surface area contributed by atoms with Crippen LogP contribution in [-0.4, -0.2) is 28.7 Å². The number of para-hydroxylation sites is 1. The highest BCUT2D eigenvalue weighted by atomic mass is 16.1. The summed E-state index contributed by atoms with van der Waals surface area (Å²) in [4.78, 5) is 14.0. The number of fused-ring (bicyclic) bond motifs is 1.